The molecule has 32 heavy (non-hydrogen) atoms. The minimum Gasteiger partial charge on any atom is -0.461 e. The van der Waals surface area contributed by atoms with E-state index < -0.39 is 5.97 Å². The Morgan fingerprint density at radius 3 is 2.88 bits per heavy atom. The number of fused-ring (bicyclic) bond motifs is 1. The summed E-state index contributed by atoms with van der Waals surface area (Å²) in [4.78, 5) is 32.5. The van der Waals surface area contributed by atoms with Gasteiger partial charge in [0, 0.05) is 27.9 Å². The average Bonchev–Trinajstić information content (AvgIpc) is 3.47. The summed E-state index contributed by atoms with van der Waals surface area (Å²) in [5.41, 5.74) is 6.81. The number of carbonyl (C=O) groups is 2. The highest BCUT2D eigenvalue weighted by Crippen LogP contribution is 2.37. The van der Waals surface area contributed by atoms with E-state index >= 15 is 0 Å². The molecule has 1 aliphatic heterocycles. The number of aromatic nitrogens is 2. The fourth-order valence-electron chi connectivity index (χ4n) is 3.51. The fraction of sp³-hybridized carbons (Fsp3) is 0.160. The molecule has 0 radical (unpaired) electrons. The summed E-state index contributed by atoms with van der Waals surface area (Å²) >= 11 is 1.57. The van der Waals surface area contributed by atoms with Gasteiger partial charge in [0.25, 0.3) is 5.91 Å². The maximum absolute atomic E-state index is 12.7. The third-order valence-electron chi connectivity index (χ3n) is 5.15. The Balaban J connectivity index is 1.71. The van der Waals surface area contributed by atoms with Crippen LogP contribution < -0.4 is 5.32 Å². The number of anilines is 1. The molecule has 0 saturated carbocycles. The van der Waals surface area contributed by atoms with Gasteiger partial charge in [-0.25, -0.2) is 9.78 Å². The van der Waals surface area contributed by atoms with E-state index in [4.69, 9.17) is 9.72 Å². The smallest absolute Gasteiger partial charge is 0.354 e. The van der Waals surface area contributed by atoms with Crippen molar-refractivity contribution in [2.45, 2.75) is 20.8 Å². The number of H-pyrrole nitrogens is 1. The zero-order valence-electron chi connectivity index (χ0n) is 18.1. The Labute approximate surface area is 190 Å². The Kier molecular flexibility index (Phi) is 5.92. The second-order valence-electron chi connectivity index (χ2n) is 7.40. The van der Waals surface area contributed by atoms with Crippen LogP contribution in [0.2, 0.25) is 0 Å². The normalized spacial score (nSPS) is 14.4. The number of thiazole rings is 1. The summed E-state index contributed by atoms with van der Waals surface area (Å²) in [5.74, 6) is -0.605. The fourth-order valence-corrected chi connectivity index (χ4v) is 4.33. The van der Waals surface area contributed by atoms with Gasteiger partial charge in [-0.05, 0) is 56.2 Å². The zero-order valence-corrected chi connectivity index (χ0v) is 18.9. The molecule has 2 N–H and O–H groups in total. The molecule has 6 nitrogen and oxygen atoms in total. The Hall–Kier alpha value is -3.71. The molecule has 1 amide bonds. The van der Waals surface area contributed by atoms with E-state index in [1.165, 1.54) is 0 Å². The number of nitrogens with zero attached hydrogens (tertiary/aromatic N) is 1. The van der Waals surface area contributed by atoms with Crippen LogP contribution in [-0.4, -0.2) is 28.5 Å². The number of allylic oxidation sites excluding steroid dienone is 3. The van der Waals surface area contributed by atoms with Gasteiger partial charge in [0.15, 0.2) is 0 Å². The monoisotopic (exact) mass is 445 g/mol. The van der Waals surface area contributed by atoms with E-state index in [1.807, 2.05) is 43.5 Å². The minimum absolute atomic E-state index is 0.187. The topological polar surface area (TPSA) is 84.1 Å². The number of hydrogen-bond acceptors (Lipinski definition) is 5. The summed E-state index contributed by atoms with van der Waals surface area (Å²) in [7, 11) is 0. The Bertz CT molecular complexity index is 1290. The summed E-state index contributed by atoms with van der Waals surface area (Å²) in [6, 6.07) is 7.53. The molecule has 0 saturated heterocycles. The van der Waals surface area contributed by atoms with Crippen molar-refractivity contribution in [1.29, 1.82) is 0 Å². The van der Waals surface area contributed by atoms with E-state index in [0.29, 0.717) is 23.6 Å². The van der Waals surface area contributed by atoms with Gasteiger partial charge in [-0.1, -0.05) is 24.8 Å². The Morgan fingerprint density at radius 2 is 2.12 bits per heavy atom. The number of esters is 1. The number of benzene rings is 1. The van der Waals surface area contributed by atoms with E-state index in [9.17, 15) is 9.59 Å². The van der Waals surface area contributed by atoms with Crippen molar-refractivity contribution in [3.05, 3.63) is 75.9 Å². The van der Waals surface area contributed by atoms with Gasteiger partial charge in [-0.2, -0.15) is 0 Å². The standard InChI is InChI=1S/C25H23N3O3S/c1-5-7-14(3)24-28-22(13-32-24)16-8-9-19-17(11-16)18(23(29)27-19)12-20-15(4)10-21(26-20)25(30)31-6-2/h5,7-13,26H,1,6H2,2-4H3,(H,27,29). The van der Waals surface area contributed by atoms with Crippen LogP contribution >= 0.6 is 11.3 Å². The van der Waals surface area contributed by atoms with E-state index in [2.05, 4.69) is 16.9 Å². The molecule has 0 fully saturated rings. The highest BCUT2D eigenvalue weighted by Gasteiger charge is 2.25. The third-order valence-corrected chi connectivity index (χ3v) is 6.12. The number of hydrogen-bond donors (Lipinski definition) is 2. The Morgan fingerprint density at radius 1 is 1.31 bits per heavy atom. The molecule has 0 atom stereocenters. The van der Waals surface area contributed by atoms with Crippen LogP contribution in [0.3, 0.4) is 0 Å². The molecule has 0 spiro atoms. The van der Waals surface area contributed by atoms with Gasteiger partial charge in [-0.15, -0.1) is 11.3 Å². The lowest BCUT2D eigenvalue weighted by atomic mass is 10.0. The predicted octanol–water partition coefficient (Wildman–Crippen LogP) is 5.71. The largest absolute Gasteiger partial charge is 0.461 e. The molecule has 0 bridgehead atoms. The first-order valence-electron chi connectivity index (χ1n) is 10.2. The molecule has 0 aliphatic carbocycles. The first-order valence-corrected chi connectivity index (χ1v) is 11.1. The number of ether oxygens (including phenoxy) is 1. The highest BCUT2D eigenvalue weighted by molar-refractivity contribution is 7.11. The highest BCUT2D eigenvalue weighted by atomic mass is 32.1. The first-order chi connectivity index (χ1) is 15.4. The molecule has 3 aromatic rings. The van der Waals surface area contributed by atoms with Crippen LogP contribution in [0.1, 0.15) is 46.2 Å². The van der Waals surface area contributed by atoms with Crippen LogP contribution in [0.25, 0.3) is 28.5 Å². The van der Waals surface area contributed by atoms with Crippen molar-refractivity contribution in [2.24, 2.45) is 0 Å². The number of aryl methyl sites for hydroxylation is 1. The summed E-state index contributed by atoms with van der Waals surface area (Å²) < 4.78 is 5.06. The summed E-state index contributed by atoms with van der Waals surface area (Å²) in [5, 5.41) is 5.84. The van der Waals surface area contributed by atoms with Crippen molar-refractivity contribution < 1.29 is 14.3 Å². The number of nitrogens with one attached hydrogen (secondary N) is 2. The van der Waals surface area contributed by atoms with Crippen molar-refractivity contribution in [2.75, 3.05) is 11.9 Å². The second kappa shape index (κ2) is 8.80. The molecule has 1 aromatic carbocycles. The lowest BCUT2D eigenvalue weighted by Crippen LogP contribution is -2.05. The van der Waals surface area contributed by atoms with Crippen LogP contribution in [0.4, 0.5) is 5.69 Å². The molecule has 3 heterocycles. The molecule has 1 aliphatic rings. The lowest BCUT2D eigenvalue weighted by Gasteiger charge is -2.03. The molecular weight excluding hydrogens is 422 g/mol. The quantitative estimate of drug-likeness (QED) is 0.289. The van der Waals surface area contributed by atoms with Crippen LogP contribution in [0.5, 0.6) is 0 Å². The molecular formula is C25H23N3O3S. The van der Waals surface area contributed by atoms with E-state index in [0.717, 1.165) is 38.7 Å². The van der Waals surface area contributed by atoms with Crippen molar-refractivity contribution in [3.63, 3.8) is 0 Å². The maximum atomic E-state index is 12.7. The van der Waals surface area contributed by atoms with Crippen LogP contribution in [-0.2, 0) is 9.53 Å². The minimum atomic E-state index is -0.418. The molecule has 7 heteroatoms. The molecule has 0 unspecified atom stereocenters. The third kappa shape index (κ3) is 4.07. The van der Waals surface area contributed by atoms with Crippen molar-refractivity contribution >= 4 is 46.1 Å². The average molecular weight is 446 g/mol. The second-order valence-corrected chi connectivity index (χ2v) is 8.25. The maximum Gasteiger partial charge on any atom is 0.354 e. The van der Waals surface area contributed by atoms with E-state index in [1.54, 1.807) is 36.5 Å². The number of rotatable bonds is 6. The first kappa shape index (κ1) is 21.5. The molecule has 4 rings (SSSR count). The van der Waals surface area contributed by atoms with Gasteiger partial charge in [0.05, 0.1) is 17.9 Å². The number of amides is 1. The lowest BCUT2D eigenvalue weighted by molar-refractivity contribution is -0.110. The van der Waals surface area contributed by atoms with Crippen LogP contribution in [0.15, 0.2) is 48.4 Å². The summed E-state index contributed by atoms with van der Waals surface area (Å²) in [6.45, 7) is 9.67. The molecule has 162 valence electrons. The van der Waals surface area contributed by atoms with Gasteiger partial charge >= 0.3 is 5.97 Å². The SMILES string of the molecule is C=CC=C(C)c1nc(-c2ccc3c(c2)C(=Cc2[nH]c(C(=O)OCC)cc2C)C(=O)N3)cs1. The van der Waals surface area contributed by atoms with Crippen LogP contribution in [0, 0.1) is 6.92 Å². The van der Waals surface area contributed by atoms with Crippen molar-refractivity contribution in [1.82, 2.24) is 9.97 Å². The number of aromatic amines is 1. The number of carbonyl (C=O) groups excluding carboxylic acids is 2. The van der Waals surface area contributed by atoms with Gasteiger partial charge in [-0.3, -0.25) is 4.79 Å². The summed E-state index contributed by atoms with van der Waals surface area (Å²) in [6.07, 6.45) is 5.44. The van der Waals surface area contributed by atoms with Gasteiger partial charge in [0.1, 0.15) is 10.7 Å². The van der Waals surface area contributed by atoms with Crippen molar-refractivity contribution in [3.8, 4) is 11.3 Å². The zero-order chi connectivity index (χ0) is 22.8. The molecule has 2 aromatic heterocycles. The van der Waals surface area contributed by atoms with Gasteiger partial charge in [0.2, 0.25) is 0 Å². The van der Waals surface area contributed by atoms with Gasteiger partial charge < -0.3 is 15.0 Å². The van der Waals surface area contributed by atoms with E-state index in [-0.39, 0.29) is 5.91 Å². The predicted molar refractivity (Wildman–Crippen MR) is 129 cm³/mol.